The number of rotatable bonds is 7. The van der Waals surface area contributed by atoms with Crippen molar-refractivity contribution in [3.8, 4) is 5.75 Å². The van der Waals surface area contributed by atoms with Gasteiger partial charge in [-0.15, -0.1) is 0 Å². The number of para-hydroxylation sites is 1. The minimum absolute atomic E-state index is 0.0820. The Morgan fingerprint density at radius 2 is 1.93 bits per heavy atom. The first kappa shape index (κ1) is 20.6. The summed E-state index contributed by atoms with van der Waals surface area (Å²) in [5.41, 5.74) is 3.78. The van der Waals surface area contributed by atoms with E-state index in [0.717, 1.165) is 10.0 Å². The molecule has 2 rings (SSSR count). The molecule has 2 N–H and O–H groups in total. The van der Waals surface area contributed by atoms with Crippen LogP contribution in [0.5, 0.6) is 5.75 Å². The molecule has 6 nitrogen and oxygen atoms in total. The third-order valence-corrected chi connectivity index (χ3v) is 4.32. The molecule has 0 aromatic heterocycles. The van der Waals surface area contributed by atoms with E-state index >= 15 is 0 Å². The molecule has 0 heterocycles. The fourth-order valence-corrected chi connectivity index (χ4v) is 2.32. The number of hydrazone groups is 1. The Morgan fingerprint density at radius 1 is 1.19 bits per heavy atom. The van der Waals surface area contributed by atoms with Gasteiger partial charge < -0.3 is 10.1 Å². The molecule has 2 aromatic rings. The number of nitrogens with zero attached hydrogens (tertiary/aromatic N) is 1. The minimum atomic E-state index is -0.519. The van der Waals surface area contributed by atoms with E-state index in [9.17, 15) is 14.0 Å². The Morgan fingerprint density at radius 3 is 2.63 bits per heavy atom. The van der Waals surface area contributed by atoms with Crippen molar-refractivity contribution in [3.63, 3.8) is 0 Å². The molecular formula is C19H19BrFN3O3. The number of ether oxygens (including phenoxy) is 1. The van der Waals surface area contributed by atoms with E-state index in [4.69, 9.17) is 4.74 Å². The quantitative estimate of drug-likeness (QED) is 0.512. The van der Waals surface area contributed by atoms with Gasteiger partial charge in [0, 0.05) is 10.2 Å². The fraction of sp³-hybridized carbons (Fsp3) is 0.211. The van der Waals surface area contributed by atoms with Gasteiger partial charge in [-0.1, -0.05) is 28.1 Å². The lowest BCUT2D eigenvalue weighted by molar-refractivity contribution is -0.123. The highest BCUT2D eigenvalue weighted by atomic mass is 79.9. The van der Waals surface area contributed by atoms with E-state index in [1.54, 1.807) is 25.1 Å². The lowest BCUT2D eigenvalue weighted by Gasteiger charge is -2.08. The van der Waals surface area contributed by atoms with E-state index in [1.807, 2.05) is 13.0 Å². The van der Waals surface area contributed by atoms with Gasteiger partial charge in [0.1, 0.15) is 11.6 Å². The summed E-state index contributed by atoms with van der Waals surface area (Å²) >= 11 is 3.39. The number of hydrogen-bond acceptors (Lipinski definition) is 4. The summed E-state index contributed by atoms with van der Waals surface area (Å²) in [5.74, 6) is -0.841. The summed E-state index contributed by atoms with van der Waals surface area (Å²) in [6.07, 6.45) is -0.0820. The first-order valence-corrected chi connectivity index (χ1v) is 8.90. The molecule has 2 aromatic carbocycles. The van der Waals surface area contributed by atoms with Crippen molar-refractivity contribution < 1.29 is 18.7 Å². The van der Waals surface area contributed by atoms with Crippen molar-refractivity contribution in [1.29, 1.82) is 0 Å². The van der Waals surface area contributed by atoms with Crippen LogP contribution in [-0.4, -0.2) is 24.1 Å². The predicted molar refractivity (Wildman–Crippen MR) is 105 cm³/mol. The van der Waals surface area contributed by atoms with Crippen LogP contribution >= 0.6 is 15.9 Å². The van der Waals surface area contributed by atoms with Gasteiger partial charge in [-0.2, -0.15) is 5.10 Å². The zero-order valence-electron chi connectivity index (χ0n) is 14.9. The SMILES string of the molecule is C/C(CC(=O)Nc1ccccc1F)=N\NC(=O)COc1ccc(Br)c(C)c1. The topological polar surface area (TPSA) is 79.8 Å². The zero-order valence-corrected chi connectivity index (χ0v) is 16.5. The van der Waals surface area contributed by atoms with E-state index in [0.29, 0.717) is 11.5 Å². The summed E-state index contributed by atoms with van der Waals surface area (Å²) < 4.78 is 19.8. The molecule has 0 atom stereocenters. The first-order chi connectivity index (χ1) is 12.8. The van der Waals surface area contributed by atoms with E-state index in [1.165, 1.54) is 18.2 Å². The Labute approximate surface area is 164 Å². The largest absolute Gasteiger partial charge is 0.484 e. The van der Waals surface area contributed by atoms with Crippen LogP contribution in [0.25, 0.3) is 0 Å². The molecule has 8 heteroatoms. The van der Waals surface area contributed by atoms with Gasteiger partial charge in [-0.05, 0) is 49.7 Å². The number of halogens is 2. The molecule has 0 aliphatic heterocycles. The number of aryl methyl sites for hydroxylation is 1. The smallest absolute Gasteiger partial charge is 0.277 e. The van der Waals surface area contributed by atoms with Crippen LogP contribution in [0.3, 0.4) is 0 Å². The summed E-state index contributed by atoms with van der Waals surface area (Å²) in [4.78, 5) is 23.7. The third kappa shape index (κ3) is 6.82. The highest BCUT2D eigenvalue weighted by Crippen LogP contribution is 2.21. The number of carbonyl (C=O) groups is 2. The van der Waals surface area contributed by atoms with E-state index in [2.05, 4.69) is 31.8 Å². The van der Waals surface area contributed by atoms with Crippen molar-refractivity contribution in [2.24, 2.45) is 5.10 Å². The number of nitrogens with one attached hydrogen (secondary N) is 2. The minimum Gasteiger partial charge on any atom is -0.484 e. The van der Waals surface area contributed by atoms with E-state index < -0.39 is 17.6 Å². The second kappa shape index (κ2) is 9.82. The molecule has 0 unspecified atom stereocenters. The number of amides is 2. The maximum atomic E-state index is 13.5. The van der Waals surface area contributed by atoms with Crippen LogP contribution in [-0.2, 0) is 9.59 Å². The lowest BCUT2D eigenvalue weighted by atomic mass is 10.2. The molecular weight excluding hydrogens is 417 g/mol. The number of hydrogen-bond donors (Lipinski definition) is 2. The van der Waals surface area contributed by atoms with Crippen LogP contribution in [0, 0.1) is 12.7 Å². The summed E-state index contributed by atoms with van der Waals surface area (Å²) in [5, 5.41) is 6.30. The van der Waals surface area contributed by atoms with Gasteiger partial charge in [0.05, 0.1) is 12.1 Å². The van der Waals surface area contributed by atoms with Crippen LogP contribution in [0.1, 0.15) is 18.9 Å². The molecule has 0 aliphatic carbocycles. The van der Waals surface area contributed by atoms with Gasteiger partial charge >= 0.3 is 0 Å². The molecule has 0 radical (unpaired) electrons. The number of carbonyl (C=O) groups excluding carboxylic acids is 2. The van der Waals surface area contributed by atoms with Crippen LogP contribution in [0.4, 0.5) is 10.1 Å². The molecule has 142 valence electrons. The van der Waals surface area contributed by atoms with Gasteiger partial charge in [-0.3, -0.25) is 9.59 Å². The molecule has 0 fully saturated rings. The van der Waals surface area contributed by atoms with Crippen LogP contribution in [0.15, 0.2) is 52.0 Å². The molecule has 0 saturated carbocycles. The lowest BCUT2D eigenvalue weighted by Crippen LogP contribution is -2.26. The summed E-state index contributed by atoms with van der Waals surface area (Å²) in [6, 6.07) is 11.2. The maximum Gasteiger partial charge on any atom is 0.277 e. The standard InChI is InChI=1S/C19H19BrFN3O3/c1-12-9-14(7-8-15(12)20)27-11-19(26)24-23-13(2)10-18(25)22-17-6-4-3-5-16(17)21/h3-9H,10-11H2,1-2H3,(H,22,25)(H,24,26)/b23-13+. The predicted octanol–water partition coefficient (Wildman–Crippen LogP) is 3.80. The molecule has 0 aliphatic rings. The molecule has 0 bridgehead atoms. The monoisotopic (exact) mass is 435 g/mol. The van der Waals surface area contributed by atoms with Crippen LogP contribution < -0.4 is 15.5 Å². The van der Waals surface area contributed by atoms with Gasteiger partial charge in [-0.25, -0.2) is 9.82 Å². The Kier molecular flexibility index (Phi) is 7.48. The highest BCUT2D eigenvalue weighted by Gasteiger charge is 2.09. The van der Waals surface area contributed by atoms with Crippen LogP contribution in [0.2, 0.25) is 0 Å². The van der Waals surface area contributed by atoms with Crippen molar-refractivity contribution in [2.45, 2.75) is 20.3 Å². The molecule has 2 amide bonds. The second-order valence-electron chi connectivity index (χ2n) is 5.79. The first-order valence-electron chi connectivity index (χ1n) is 8.10. The van der Waals surface area contributed by atoms with Crippen molar-refractivity contribution >= 4 is 39.1 Å². The maximum absolute atomic E-state index is 13.5. The number of anilines is 1. The van der Waals surface area contributed by atoms with E-state index in [-0.39, 0.29) is 18.7 Å². The van der Waals surface area contributed by atoms with Crippen molar-refractivity contribution in [2.75, 3.05) is 11.9 Å². The van der Waals surface area contributed by atoms with Gasteiger partial charge in [0.15, 0.2) is 6.61 Å². The summed E-state index contributed by atoms with van der Waals surface area (Å²) in [6.45, 7) is 3.29. The van der Waals surface area contributed by atoms with Crippen molar-refractivity contribution in [1.82, 2.24) is 5.43 Å². The molecule has 27 heavy (non-hydrogen) atoms. The van der Waals surface area contributed by atoms with Gasteiger partial charge in [0.25, 0.3) is 5.91 Å². The average molecular weight is 436 g/mol. The Balaban J connectivity index is 1.78. The normalized spacial score (nSPS) is 11.0. The fourth-order valence-electron chi connectivity index (χ4n) is 2.07. The van der Waals surface area contributed by atoms with Gasteiger partial charge in [0.2, 0.25) is 5.91 Å². The highest BCUT2D eigenvalue weighted by molar-refractivity contribution is 9.10. The second-order valence-corrected chi connectivity index (χ2v) is 6.64. The molecule has 0 saturated heterocycles. The number of benzene rings is 2. The Hall–Kier alpha value is -2.74. The molecule has 0 spiro atoms. The summed E-state index contributed by atoms with van der Waals surface area (Å²) in [7, 11) is 0. The average Bonchev–Trinajstić information content (AvgIpc) is 2.63. The Bertz CT molecular complexity index is 871. The van der Waals surface area contributed by atoms with Crippen molar-refractivity contribution in [3.05, 3.63) is 58.3 Å². The third-order valence-electron chi connectivity index (χ3n) is 3.44. The zero-order chi connectivity index (χ0) is 19.8.